The molecule has 1 N–H and O–H groups in total. The minimum atomic E-state index is 0.570. The van der Waals surface area contributed by atoms with Crippen molar-refractivity contribution in [1.82, 2.24) is 14.8 Å². The molecule has 0 spiro atoms. The second-order valence-electron chi connectivity index (χ2n) is 3.85. The first-order valence-electron chi connectivity index (χ1n) is 6.55. The van der Waals surface area contributed by atoms with Crippen LogP contribution in [0.15, 0.2) is 6.33 Å². The van der Waals surface area contributed by atoms with Crippen LogP contribution in [-0.2, 0) is 0 Å². The van der Waals surface area contributed by atoms with E-state index in [4.69, 9.17) is 0 Å². The molecule has 0 aromatic carbocycles. The van der Waals surface area contributed by atoms with Gasteiger partial charge in [-0.1, -0.05) is 33.1 Å². The van der Waals surface area contributed by atoms with Crippen LogP contribution >= 0.6 is 0 Å². The third kappa shape index (κ3) is 3.22. The summed E-state index contributed by atoms with van der Waals surface area (Å²) in [5, 5.41) is 7.54. The van der Waals surface area contributed by atoms with Gasteiger partial charge in [0, 0.05) is 6.54 Å². The van der Waals surface area contributed by atoms with Crippen LogP contribution in [0.2, 0.25) is 0 Å². The molecule has 1 saturated carbocycles. The van der Waals surface area contributed by atoms with Crippen molar-refractivity contribution in [2.75, 3.05) is 11.9 Å². The molecular formula is C12H24N4. The van der Waals surface area contributed by atoms with Gasteiger partial charge in [0.15, 0.2) is 0 Å². The Morgan fingerprint density at radius 1 is 1.31 bits per heavy atom. The molecule has 1 heterocycles. The van der Waals surface area contributed by atoms with Crippen molar-refractivity contribution in [3.8, 4) is 0 Å². The molecule has 16 heavy (non-hydrogen) atoms. The quantitative estimate of drug-likeness (QED) is 0.857. The number of hydrogen-bond donors (Lipinski definition) is 1. The fourth-order valence-corrected chi connectivity index (χ4v) is 2.13. The Morgan fingerprint density at radius 2 is 2.00 bits per heavy atom. The van der Waals surface area contributed by atoms with Gasteiger partial charge in [0.05, 0.1) is 6.04 Å². The van der Waals surface area contributed by atoms with Crippen LogP contribution in [0.1, 0.15) is 58.9 Å². The summed E-state index contributed by atoms with van der Waals surface area (Å²) in [5.41, 5.74) is 0. The van der Waals surface area contributed by atoms with Gasteiger partial charge >= 0.3 is 0 Å². The van der Waals surface area contributed by atoms with E-state index in [9.17, 15) is 0 Å². The smallest absolute Gasteiger partial charge is 0.221 e. The maximum atomic E-state index is 4.30. The summed E-state index contributed by atoms with van der Waals surface area (Å²) in [5.74, 6) is 0.930. The Hall–Kier alpha value is -1.06. The highest BCUT2D eigenvalue weighted by Gasteiger charge is 2.18. The van der Waals surface area contributed by atoms with Crippen molar-refractivity contribution in [3.05, 3.63) is 6.33 Å². The van der Waals surface area contributed by atoms with Gasteiger partial charge in [-0.25, -0.2) is 4.68 Å². The summed E-state index contributed by atoms with van der Waals surface area (Å²) in [6.45, 7) is 6.99. The predicted octanol–water partition coefficient (Wildman–Crippen LogP) is 3.24. The predicted molar refractivity (Wildman–Crippen MR) is 67.7 cm³/mol. The Bertz CT molecular complexity index is 276. The van der Waals surface area contributed by atoms with E-state index in [2.05, 4.69) is 27.0 Å². The number of rotatable bonds is 3. The second kappa shape index (κ2) is 7.25. The average molecular weight is 224 g/mol. The van der Waals surface area contributed by atoms with Crippen LogP contribution in [0.25, 0.3) is 0 Å². The van der Waals surface area contributed by atoms with Crippen molar-refractivity contribution in [2.45, 2.75) is 58.9 Å². The van der Waals surface area contributed by atoms with Crippen molar-refractivity contribution in [1.29, 1.82) is 0 Å². The summed E-state index contributed by atoms with van der Waals surface area (Å²) in [6, 6.07) is 0.570. The van der Waals surface area contributed by atoms with Gasteiger partial charge in [-0.2, -0.15) is 10.1 Å². The molecule has 1 aromatic heterocycles. The van der Waals surface area contributed by atoms with E-state index >= 15 is 0 Å². The van der Waals surface area contributed by atoms with Crippen LogP contribution in [0.3, 0.4) is 0 Å². The van der Waals surface area contributed by atoms with Gasteiger partial charge in [-0.3, -0.25) is 0 Å². The van der Waals surface area contributed by atoms with Crippen molar-refractivity contribution in [2.24, 2.45) is 0 Å². The SMILES string of the molecule is CC.CCNc1ncnn1C1CCCCC1. The van der Waals surface area contributed by atoms with Gasteiger partial charge in [0.1, 0.15) is 6.33 Å². The molecular weight excluding hydrogens is 200 g/mol. The van der Waals surface area contributed by atoms with Gasteiger partial charge in [0.2, 0.25) is 5.95 Å². The molecule has 0 radical (unpaired) electrons. The molecule has 0 saturated heterocycles. The van der Waals surface area contributed by atoms with Gasteiger partial charge < -0.3 is 5.32 Å². The van der Waals surface area contributed by atoms with E-state index in [-0.39, 0.29) is 0 Å². The van der Waals surface area contributed by atoms with Crippen LogP contribution in [0.5, 0.6) is 0 Å². The number of anilines is 1. The van der Waals surface area contributed by atoms with E-state index in [1.807, 2.05) is 13.8 Å². The molecule has 0 aliphatic heterocycles. The first kappa shape index (κ1) is 13.0. The number of aromatic nitrogens is 3. The third-order valence-electron chi connectivity index (χ3n) is 2.83. The summed E-state index contributed by atoms with van der Waals surface area (Å²) in [6.07, 6.45) is 8.18. The molecule has 1 fully saturated rings. The zero-order chi connectivity index (χ0) is 11.8. The van der Waals surface area contributed by atoms with E-state index in [1.54, 1.807) is 6.33 Å². The van der Waals surface area contributed by atoms with Crippen molar-refractivity contribution in [3.63, 3.8) is 0 Å². The molecule has 0 atom stereocenters. The lowest BCUT2D eigenvalue weighted by Gasteiger charge is -2.22. The standard InChI is InChI=1S/C10H18N4.C2H6/c1-2-11-10-12-8-13-14(10)9-6-4-3-5-7-9;1-2/h8-9H,2-7H2,1H3,(H,11,12,13);1-2H3. The molecule has 92 valence electrons. The van der Waals surface area contributed by atoms with Crippen LogP contribution in [-0.4, -0.2) is 21.3 Å². The van der Waals surface area contributed by atoms with Crippen molar-refractivity contribution >= 4 is 5.95 Å². The normalized spacial score (nSPS) is 16.4. The largest absolute Gasteiger partial charge is 0.355 e. The molecule has 0 amide bonds. The Balaban J connectivity index is 0.000000606. The molecule has 4 nitrogen and oxygen atoms in total. The maximum Gasteiger partial charge on any atom is 0.221 e. The monoisotopic (exact) mass is 224 g/mol. The van der Waals surface area contributed by atoms with Crippen LogP contribution in [0.4, 0.5) is 5.95 Å². The molecule has 0 unspecified atom stereocenters. The highest BCUT2D eigenvalue weighted by atomic mass is 15.4. The fourth-order valence-electron chi connectivity index (χ4n) is 2.13. The minimum absolute atomic E-state index is 0.570. The van der Waals surface area contributed by atoms with Crippen molar-refractivity contribution < 1.29 is 0 Å². The topological polar surface area (TPSA) is 42.7 Å². The molecule has 0 bridgehead atoms. The second-order valence-corrected chi connectivity index (χ2v) is 3.85. The van der Waals surface area contributed by atoms with Crippen LogP contribution < -0.4 is 5.32 Å². The molecule has 2 rings (SSSR count). The summed E-state index contributed by atoms with van der Waals surface area (Å²) in [7, 11) is 0. The number of nitrogens with one attached hydrogen (secondary N) is 1. The molecule has 1 aliphatic rings. The highest BCUT2D eigenvalue weighted by Crippen LogP contribution is 2.28. The zero-order valence-electron chi connectivity index (χ0n) is 10.7. The highest BCUT2D eigenvalue weighted by molar-refractivity contribution is 5.23. The Labute approximate surface area is 98.5 Å². The lowest BCUT2D eigenvalue weighted by atomic mass is 9.96. The third-order valence-corrected chi connectivity index (χ3v) is 2.83. The molecule has 4 heteroatoms. The molecule has 1 aromatic rings. The van der Waals surface area contributed by atoms with Gasteiger partial charge in [0.25, 0.3) is 0 Å². The van der Waals surface area contributed by atoms with E-state index in [1.165, 1.54) is 32.1 Å². The molecule has 1 aliphatic carbocycles. The maximum absolute atomic E-state index is 4.30. The van der Waals surface area contributed by atoms with Gasteiger partial charge in [-0.05, 0) is 19.8 Å². The van der Waals surface area contributed by atoms with E-state index < -0.39 is 0 Å². The van der Waals surface area contributed by atoms with E-state index in [0.29, 0.717) is 6.04 Å². The van der Waals surface area contributed by atoms with Gasteiger partial charge in [-0.15, -0.1) is 0 Å². The number of hydrogen-bond acceptors (Lipinski definition) is 3. The lowest BCUT2D eigenvalue weighted by molar-refractivity contribution is 0.332. The Kier molecular flexibility index (Phi) is 5.90. The summed E-state index contributed by atoms with van der Waals surface area (Å²) >= 11 is 0. The average Bonchev–Trinajstić information content (AvgIpc) is 2.82. The first-order valence-corrected chi connectivity index (χ1v) is 6.55. The zero-order valence-corrected chi connectivity index (χ0v) is 10.7. The first-order chi connectivity index (χ1) is 7.92. The summed E-state index contributed by atoms with van der Waals surface area (Å²) < 4.78 is 2.06. The minimum Gasteiger partial charge on any atom is -0.355 e. The lowest BCUT2D eigenvalue weighted by Crippen LogP contribution is -2.17. The summed E-state index contributed by atoms with van der Waals surface area (Å²) in [4.78, 5) is 4.22. The number of nitrogens with zero attached hydrogens (tertiary/aromatic N) is 3. The fraction of sp³-hybridized carbons (Fsp3) is 0.833. The Morgan fingerprint density at radius 3 is 2.62 bits per heavy atom. The van der Waals surface area contributed by atoms with Crippen LogP contribution in [0, 0.1) is 0 Å². The van der Waals surface area contributed by atoms with E-state index in [0.717, 1.165) is 12.5 Å².